The fourth-order valence-corrected chi connectivity index (χ4v) is 4.98. The first-order chi connectivity index (χ1) is 13.5. The fraction of sp³-hybridized carbons (Fsp3) is 0.500. The van der Waals surface area contributed by atoms with Gasteiger partial charge in [-0.3, -0.25) is 23.5 Å². The van der Waals surface area contributed by atoms with E-state index in [4.69, 9.17) is 0 Å². The molecule has 3 aliphatic heterocycles. The Morgan fingerprint density at radius 1 is 1.21 bits per heavy atom. The number of pyridine rings is 1. The Labute approximate surface area is 174 Å². The third-order valence-electron chi connectivity index (χ3n) is 6.50. The van der Waals surface area contributed by atoms with Crippen molar-refractivity contribution in [2.24, 2.45) is 13.0 Å². The molecule has 9 heteroatoms. The lowest BCUT2D eigenvalue weighted by Crippen LogP contribution is -2.52. The number of carbonyl (C=O) groups is 1. The van der Waals surface area contributed by atoms with E-state index < -0.39 is 6.04 Å². The number of hydrogen-bond acceptors (Lipinski definition) is 5. The molecular formula is C20H24ClN5O3. The maximum atomic E-state index is 13.6. The molecule has 1 fully saturated rings. The van der Waals surface area contributed by atoms with Crippen molar-refractivity contribution in [3.05, 3.63) is 61.7 Å². The van der Waals surface area contributed by atoms with Gasteiger partial charge in [-0.05, 0) is 19.4 Å². The number of nitrogens with zero attached hydrogens (tertiary/aromatic N) is 4. The smallest absolute Gasteiger partial charge is 0.258 e. The van der Waals surface area contributed by atoms with E-state index in [1.807, 2.05) is 6.07 Å². The van der Waals surface area contributed by atoms with Crippen LogP contribution in [-0.4, -0.2) is 38.0 Å². The third-order valence-corrected chi connectivity index (χ3v) is 6.50. The summed E-state index contributed by atoms with van der Waals surface area (Å²) in [5, 5.41) is 3.41. The van der Waals surface area contributed by atoms with Gasteiger partial charge < -0.3 is 10.2 Å². The van der Waals surface area contributed by atoms with Crippen molar-refractivity contribution in [2.75, 3.05) is 13.1 Å². The molecule has 2 aromatic rings. The highest BCUT2D eigenvalue weighted by atomic mass is 35.5. The number of fused-ring (bicyclic) bond motifs is 5. The first kappa shape index (κ1) is 19.8. The number of amides is 1. The Morgan fingerprint density at radius 3 is 2.79 bits per heavy atom. The standard InChI is InChI=1S/C20H23N5O3.ClH/c1-11-22-15-10-24(9-14(15)19(27)23(11)2)20(28)18-13-6-12(7-21-8-13)16-4-3-5-17(26)25(16)18;/h3-5,12-13,18,21H,6-10H2,1-2H3;1H/t12-,13+,18-;/m1./s1. The predicted molar refractivity (Wildman–Crippen MR) is 109 cm³/mol. The van der Waals surface area contributed by atoms with Crippen LogP contribution in [0.2, 0.25) is 0 Å². The van der Waals surface area contributed by atoms with Crippen LogP contribution in [-0.2, 0) is 24.9 Å². The molecule has 3 atom stereocenters. The van der Waals surface area contributed by atoms with Gasteiger partial charge in [-0.1, -0.05) is 6.07 Å². The molecule has 1 amide bonds. The SMILES string of the molecule is Cc1nc2c(c(=O)n1C)CN(C(=O)[C@H]1[C@@H]3CNC[C@@H](C3)c3cccc(=O)n31)C2.Cl. The number of piperidine rings is 1. The molecule has 29 heavy (non-hydrogen) atoms. The highest BCUT2D eigenvalue weighted by Gasteiger charge is 2.44. The zero-order valence-electron chi connectivity index (χ0n) is 16.4. The molecule has 0 aliphatic carbocycles. The highest BCUT2D eigenvalue weighted by molar-refractivity contribution is 5.85. The van der Waals surface area contributed by atoms with E-state index in [1.54, 1.807) is 29.5 Å². The number of aromatic nitrogens is 3. The summed E-state index contributed by atoms with van der Waals surface area (Å²) in [6, 6.07) is 4.71. The lowest BCUT2D eigenvalue weighted by molar-refractivity contribution is -0.138. The molecule has 2 aromatic heterocycles. The van der Waals surface area contributed by atoms with E-state index in [2.05, 4.69) is 10.3 Å². The van der Waals surface area contributed by atoms with Gasteiger partial charge in [0.25, 0.3) is 11.1 Å². The summed E-state index contributed by atoms with van der Waals surface area (Å²) in [4.78, 5) is 45.0. The molecule has 5 rings (SSSR count). The summed E-state index contributed by atoms with van der Waals surface area (Å²) >= 11 is 0. The fourth-order valence-electron chi connectivity index (χ4n) is 4.98. The zero-order chi connectivity index (χ0) is 19.6. The van der Waals surface area contributed by atoms with Crippen molar-refractivity contribution in [1.29, 1.82) is 0 Å². The van der Waals surface area contributed by atoms with Crippen LogP contribution in [0.1, 0.15) is 41.2 Å². The molecular weight excluding hydrogens is 394 g/mol. The lowest BCUT2D eigenvalue weighted by Gasteiger charge is -2.43. The van der Waals surface area contributed by atoms with Crippen molar-refractivity contribution in [3.8, 4) is 0 Å². The number of halogens is 1. The molecule has 3 aliphatic rings. The number of carbonyl (C=O) groups excluding carboxylic acids is 1. The summed E-state index contributed by atoms with van der Waals surface area (Å²) in [5.74, 6) is 0.861. The Balaban J connectivity index is 0.00000205. The minimum absolute atomic E-state index is 0. The molecule has 5 heterocycles. The largest absolute Gasteiger partial charge is 0.330 e. The van der Waals surface area contributed by atoms with Crippen LogP contribution < -0.4 is 16.4 Å². The Morgan fingerprint density at radius 2 is 2.00 bits per heavy atom. The summed E-state index contributed by atoms with van der Waals surface area (Å²) < 4.78 is 3.21. The van der Waals surface area contributed by atoms with E-state index in [0.717, 1.165) is 18.7 Å². The minimum Gasteiger partial charge on any atom is -0.330 e. The Bertz CT molecular complexity index is 1110. The number of aryl methyl sites for hydroxylation is 1. The van der Waals surface area contributed by atoms with Crippen LogP contribution in [0.4, 0.5) is 0 Å². The van der Waals surface area contributed by atoms with Gasteiger partial charge in [-0.15, -0.1) is 12.4 Å². The second-order valence-corrected chi connectivity index (χ2v) is 8.10. The highest BCUT2D eigenvalue weighted by Crippen LogP contribution is 2.40. The van der Waals surface area contributed by atoms with Crippen molar-refractivity contribution in [1.82, 2.24) is 24.3 Å². The maximum Gasteiger partial charge on any atom is 0.258 e. The summed E-state index contributed by atoms with van der Waals surface area (Å²) in [5.41, 5.74) is 1.95. The second kappa shape index (κ2) is 7.11. The topological polar surface area (TPSA) is 89.2 Å². The number of nitrogens with one attached hydrogen (secondary N) is 1. The molecule has 1 N–H and O–H groups in total. The van der Waals surface area contributed by atoms with Gasteiger partial charge in [0.2, 0.25) is 5.91 Å². The molecule has 154 valence electrons. The van der Waals surface area contributed by atoms with Crippen LogP contribution in [0.3, 0.4) is 0 Å². The number of rotatable bonds is 1. The molecule has 0 unspecified atom stereocenters. The minimum atomic E-state index is -0.535. The van der Waals surface area contributed by atoms with Crippen molar-refractivity contribution in [3.63, 3.8) is 0 Å². The van der Waals surface area contributed by atoms with E-state index in [1.165, 1.54) is 10.6 Å². The average Bonchev–Trinajstić information content (AvgIpc) is 3.11. The van der Waals surface area contributed by atoms with Gasteiger partial charge >= 0.3 is 0 Å². The first-order valence-electron chi connectivity index (χ1n) is 9.72. The molecule has 8 nitrogen and oxygen atoms in total. The summed E-state index contributed by atoms with van der Waals surface area (Å²) in [7, 11) is 1.69. The quantitative estimate of drug-likeness (QED) is 0.728. The van der Waals surface area contributed by atoms with Gasteiger partial charge in [0.1, 0.15) is 11.9 Å². The Kier molecular flexibility index (Phi) is 4.86. The Hall–Kier alpha value is -2.45. The monoisotopic (exact) mass is 417 g/mol. The first-order valence-corrected chi connectivity index (χ1v) is 9.72. The van der Waals surface area contributed by atoms with Crippen LogP contribution in [0.15, 0.2) is 27.8 Å². The van der Waals surface area contributed by atoms with Gasteiger partial charge in [0, 0.05) is 43.7 Å². The second-order valence-electron chi connectivity index (χ2n) is 8.10. The third kappa shape index (κ3) is 2.93. The predicted octanol–water partition coefficient (Wildman–Crippen LogP) is 0.462. The van der Waals surface area contributed by atoms with Crippen LogP contribution in [0, 0.1) is 12.8 Å². The summed E-state index contributed by atoms with van der Waals surface area (Å²) in [6.45, 7) is 3.91. The molecule has 0 aromatic carbocycles. The number of hydrogen-bond donors (Lipinski definition) is 1. The average molecular weight is 418 g/mol. The van der Waals surface area contributed by atoms with Crippen molar-refractivity contribution in [2.45, 2.75) is 38.4 Å². The van der Waals surface area contributed by atoms with Crippen molar-refractivity contribution < 1.29 is 4.79 Å². The molecule has 0 radical (unpaired) electrons. The van der Waals surface area contributed by atoms with Crippen LogP contribution in [0.25, 0.3) is 0 Å². The van der Waals surface area contributed by atoms with E-state index in [0.29, 0.717) is 30.2 Å². The van der Waals surface area contributed by atoms with E-state index in [-0.39, 0.29) is 47.8 Å². The lowest BCUT2D eigenvalue weighted by atomic mass is 9.79. The van der Waals surface area contributed by atoms with Gasteiger partial charge in [-0.25, -0.2) is 4.98 Å². The summed E-state index contributed by atoms with van der Waals surface area (Å²) in [6.07, 6.45) is 0.896. The normalized spacial score (nSPS) is 24.5. The molecule has 2 bridgehead atoms. The van der Waals surface area contributed by atoms with Gasteiger partial charge in [0.05, 0.1) is 24.3 Å². The van der Waals surface area contributed by atoms with Gasteiger partial charge in [-0.2, -0.15) is 0 Å². The molecule has 1 saturated heterocycles. The van der Waals surface area contributed by atoms with Gasteiger partial charge in [0.15, 0.2) is 0 Å². The van der Waals surface area contributed by atoms with Crippen LogP contribution >= 0.6 is 12.4 Å². The van der Waals surface area contributed by atoms with E-state index in [9.17, 15) is 14.4 Å². The van der Waals surface area contributed by atoms with E-state index >= 15 is 0 Å². The zero-order valence-corrected chi connectivity index (χ0v) is 17.2. The van der Waals surface area contributed by atoms with Crippen molar-refractivity contribution >= 4 is 18.3 Å². The maximum absolute atomic E-state index is 13.6. The molecule has 0 spiro atoms. The van der Waals surface area contributed by atoms with Crippen LogP contribution in [0.5, 0.6) is 0 Å². The molecule has 0 saturated carbocycles.